The number of aromatic nitrogens is 3. The van der Waals surface area contributed by atoms with E-state index in [0.717, 1.165) is 0 Å². The van der Waals surface area contributed by atoms with Crippen LogP contribution in [-0.4, -0.2) is 43.8 Å². The van der Waals surface area contributed by atoms with E-state index in [1.807, 2.05) is 0 Å². The first-order valence-electron chi connectivity index (χ1n) is 6.30. The maximum absolute atomic E-state index is 12.0. The van der Waals surface area contributed by atoms with E-state index in [1.54, 1.807) is 31.2 Å². The summed E-state index contributed by atoms with van der Waals surface area (Å²) in [6.45, 7) is 1.24. The molecular weight excluding hydrogens is 296 g/mol. The Kier molecular flexibility index (Phi) is 4.89. The standard InChI is InChI=1S/C13H15ClN4O3/c1-8(20)6-15-13(21)12-11(7-19)16-18(17-12)10-4-2-9(14)3-5-10/h2-5,8,19-20H,6-7H2,1H3,(H,15,21). The number of hydrogen-bond donors (Lipinski definition) is 3. The van der Waals surface area contributed by atoms with Gasteiger partial charge in [0, 0.05) is 11.6 Å². The van der Waals surface area contributed by atoms with Gasteiger partial charge in [0.1, 0.15) is 5.69 Å². The molecule has 0 bridgehead atoms. The highest BCUT2D eigenvalue weighted by atomic mass is 35.5. The number of nitrogens with one attached hydrogen (secondary N) is 1. The molecule has 21 heavy (non-hydrogen) atoms. The minimum atomic E-state index is -0.669. The Balaban J connectivity index is 2.26. The van der Waals surface area contributed by atoms with Gasteiger partial charge in [0.2, 0.25) is 0 Å². The number of carbonyl (C=O) groups is 1. The number of aliphatic hydroxyl groups excluding tert-OH is 2. The van der Waals surface area contributed by atoms with Crippen molar-refractivity contribution < 1.29 is 15.0 Å². The molecule has 8 heteroatoms. The number of hydrogen-bond acceptors (Lipinski definition) is 5. The van der Waals surface area contributed by atoms with Crippen LogP contribution in [0, 0.1) is 0 Å². The highest BCUT2D eigenvalue weighted by Crippen LogP contribution is 2.13. The van der Waals surface area contributed by atoms with Crippen LogP contribution in [-0.2, 0) is 6.61 Å². The number of nitrogens with zero attached hydrogens (tertiary/aromatic N) is 3. The average Bonchev–Trinajstić information content (AvgIpc) is 2.89. The molecule has 0 aliphatic heterocycles. The third-order valence-corrected chi connectivity index (χ3v) is 2.92. The second kappa shape index (κ2) is 6.66. The minimum absolute atomic E-state index is 0.0214. The molecule has 0 saturated heterocycles. The lowest BCUT2D eigenvalue weighted by Crippen LogP contribution is -2.31. The van der Waals surface area contributed by atoms with Gasteiger partial charge >= 0.3 is 0 Å². The van der Waals surface area contributed by atoms with Crippen molar-refractivity contribution in [2.75, 3.05) is 6.54 Å². The molecule has 1 heterocycles. The molecule has 112 valence electrons. The van der Waals surface area contributed by atoms with Crippen LogP contribution >= 0.6 is 11.6 Å². The van der Waals surface area contributed by atoms with Crippen molar-refractivity contribution in [2.45, 2.75) is 19.6 Å². The lowest BCUT2D eigenvalue weighted by atomic mass is 10.3. The average molecular weight is 311 g/mol. The predicted molar refractivity (Wildman–Crippen MR) is 76.3 cm³/mol. The van der Waals surface area contributed by atoms with Gasteiger partial charge in [-0.2, -0.15) is 4.80 Å². The van der Waals surface area contributed by atoms with Crippen molar-refractivity contribution >= 4 is 17.5 Å². The van der Waals surface area contributed by atoms with E-state index in [-0.39, 0.29) is 17.9 Å². The number of aliphatic hydroxyl groups is 2. The number of rotatable bonds is 5. The SMILES string of the molecule is CC(O)CNC(=O)c1nn(-c2ccc(Cl)cc2)nc1CO. The monoisotopic (exact) mass is 310 g/mol. The Hall–Kier alpha value is -1.96. The fraction of sp³-hybridized carbons (Fsp3) is 0.308. The Morgan fingerprint density at radius 2 is 2.05 bits per heavy atom. The molecule has 1 amide bonds. The molecule has 0 fully saturated rings. The molecule has 1 atom stereocenters. The lowest BCUT2D eigenvalue weighted by Gasteiger charge is -2.05. The maximum atomic E-state index is 12.0. The van der Waals surface area contributed by atoms with Gasteiger partial charge in [-0.25, -0.2) is 0 Å². The number of carbonyl (C=O) groups excluding carboxylic acids is 1. The van der Waals surface area contributed by atoms with Crippen LogP contribution in [0.15, 0.2) is 24.3 Å². The lowest BCUT2D eigenvalue weighted by molar-refractivity contribution is 0.0915. The molecule has 2 rings (SSSR count). The molecule has 0 aliphatic rings. The minimum Gasteiger partial charge on any atom is -0.392 e. The van der Waals surface area contributed by atoms with Crippen LogP contribution in [0.3, 0.4) is 0 Å². The van der Waals surface area contributed by atoms with Gasteiger partial charge in [-0.1, -0.05) is 11.6 Å². The zero-order valence-corrected chi connectivity index (χ0v) is 12.1. The van der Waals surface area contributed by atoms with E-state index in [4.69, 9.17) is 16.7 Å². The maximum Gasteiger partial charge on any atom is 0.273 e. The van der Waals surface area contributed by atoms with Crippen molar-refractivity contribution in [2.24, 2.45) is 0 Å². The zero-order chi connectivity index (χ0) is 15.4. The van der Waals surface area contributed by atoms with Crippen LogP contribution in [0.2, 0.25) is 5.02 Å². The predicted octanol–water partition coefficient (Wildman–Crippen LogP) is 0.524. The van der Waals surface area contributed by atoms with E-state index >= 15 is 0 Å². The van der Waals surface area contributed by atoms with Crippen molar-refractivity contribution in [3.63, 3.8) is 0 Å². The third kappa shape index (κ3) is 3.78. The molecular formula is C13H15ClN4O3. The smallest absolute Gasteiger partial charge is 0.273 e. The molecule has 1 aromatic heterocycles. The van der Waals surface area contributed by atoms with Crippen LogP contribution in [0.4, 0.5) is 0 Å². The van der Waals surface area contributed by atoms with Crippen molar-refractivity contribution in [1.82, 2.24) is 20.3 Å². The first-order chi connectivity index (χ1) is 10.0. The second-order valence-electron chi connectivity index (χ2n) is 4.48. The summed E-state index contributed by atoms with van der Waals surface area (Å²) in [5, 5.41) is 29.7. The Morgan fingerprint density at radius 3 is 2.62 bits per heavy atom. The van der Waals surface area contributed by atoms with Gasteiger partial charge in [-0.15, -0.1) is 10.2 Å². The topological polar surface area (TPSA) is 100 Å². The van der Waals surface area contributed by atoms with Gasteiger partial charge in [0.25, 0.3) is 5.91 Å². The Labute approximate surface area is 126 Å². The van der Waals surface area contributed by atoms with Crippen molar-refractivity contribution in [1.29, 1.82) is 0 Å². The van der Waals surface area contributed by atoms with E-state index in [2.05, 4.69) is 15.5 Å². The highest BCUT2D eigenvalue weighted by Gasteiger charge is 2.18. The summed E-state index contributed by atoms with van der Waals surface area (Å²) >= 11 is 5.81. The van der Waals surface area contributed by atoms with Gasteiger partial charge < -0.3 is 15.5 Å². The van der Waals surface area contributed by atoms with E-state index in [1.165, 1.54) is 4.80 Å². The van der Waals surface area contributed by atoms with E-state index < -0.39 is 18.6 Å². The summed E-state index contributed by atoms with van der Waals surface area (Å²) in [4.78, 5) is 13.2. The van der Waals surface area contributed by atoms with Gasteiger partial charge in [-0.05, 0) is 31.2 Å². The normalized spacial score (nSPS) is 12.2. The highest BCUT2D eigenvalue weighted by molar-refractivity contribution is 6.30. The van der Waals surface area contributed by atoms with Crippen LogP contribution in [0.25, 0.3) is 5.69 Å². The van der Waals surface area contributed by atoms with Crippen molar-refractivity contribution in [3.8, 4) is 5.69 Å². The fourth-order valence-electron chi connectivity index (χ4n) is 1.63. The van der Waals surface area contributed by atoms with E-state index in [9.17, 15) is 9.90 Å². The number of halogens is 1. The summed E-state index contributed by atoms with van der Waals surface area (Å²) in [7, 11) is 0. The molecule has 0 aliphatic carbocycles. The molecule has 0 spiro atoms. The first kappa shape index (κ1) is 15.4. The number of benzene rings is 1. The largest absolute Gasteiger partial charge is 0.392 e. The zero-order valence-electron chi connectivity index (χ0n) is 11.3. The first-order valence-corrected chi connectivity index (χ1v) is 6.68. The van der Waals surface area contributed by atoms with Crippen LogP contribution < -0.4 is 5.32 Å². The fourth-order valence-corrected chi connectivity index (χ4v) is 1.76. The molecule has 0 radical (unpaired) electrons. The summed E-state index contributed by atoms with van der Waals surface area (Å²) in [6, 6.07) is 6.74. The van der Waals surface area contributed by atoms with Gasteiger partial charge in [0.15, 0.2) is 5.69 Å². The third-order valence-electron chi connectivity index (χ3n) is 2.66. The summed E-state index contributed by atoms with van der Waals surface area (Å²) in [6.07, 6.45) is -0.669. The molecule has 7 nitrogen and oxygen atoms in total. The van der Waals surface area contributed by atoms with Gasteiger partial charge in [-0.3, -0.25) is 4.79 Å². The molecule has 0 saturated carbocycles. The molecule has 1 unspecified atom stereocenters. The van der Waals surface area contributed by atoms with Crippen LogP contribution in [0.1, 0.15) is 23.1 Å². The number of amides is 1. The quantitative estimate of drug-likeness (QED) is 0.747. The molecule has 3 N–H and O–H groups in total. The summed E-state index contributed by atoms with van der Waals surface area (Å²) in [5.41, 5.74) is 0.796. The van der Waals surface area contributed by atoms with E-state index in [0.29, 0.717) is 10.7 Å². The second-order valence-corrected chi connectivity index (χ2v) is 4.91. The summed E-state index contributed by atoms with van der Waals surface area (Å²) in [5.74, 6) is -0.500. The Bertz CT molecular complexity index is 625. The van der Waals surface area contributed by atoms with Gasteiger partial charge in [0.05, 0.1) is 18.4 Å². The van der Waals surface area contributed by atoms with Crippen LogP contribution in [0.5, 0.6) is 0 Å². The molecule has 1 aromatic carbocycles. The summed E-state index contributed by atoms with van der Waals surface area (Å²) < 4.78 is 0. The molecule has 2 aromatic rings. The Morgan fingerprint density at radius 1 is 1.38 bits per heavy atom. The van der Waals surface area contributed by atoms with Crippen molar-refractivity contribution in [3.05, 3.63) is 40.7 Å².